The van der Waals surface area contributed by atoms with Gasteiger partial charge in [-0.3, -0.25) is 9.59 Å². The Kier molecular flexibility index (Phi) is 4.10. The van der Waals surface area contributed by atoms with Crippen LogP contribution in [0.15, 0.2) is 0 Å². The molecule has 6 nitrogen and oxygen atoms in total. The second-order valence-electron chi connectivity index (χ2n) is 6.04. The molecule has 0 bridgehead atoms. The molecule has 7 heteroatoms. The number of carbonyl (C=O) groups is 3. The monoisotopic (exact) mass is 312 g/mol. The molecule has 0 aromatic carbocycles. The van der Waals surface area contributed by atoms with Crippen LogP contribution in [0, 0.1) is 11.8 Å². The minimum atomic E-state index is -0.922. The van der Waals surface area contributed by atoms with Gasteiger partial charge >= 0.3 is 5.97 Å². The van der Waals surface area contributed by atoms with Crippen LogP contribution in [0.25, 0.3) is 0 Å². The summed E-state index contributed by atoms with van der Waals surface area (Å²) in [5.74, 6) is 0.302. The lowest BCUT2D eigenvalue weighted by atomic mass is 9.94. The van der Waals surface area contributed by atoms with Crippen LogP contribution in [0.2, 0.25) is 0 Å². The van der Waals surface area contributed by atoms with Gasteiger partial charge in [0.15, 0.2) is 0 Å². The molecule has 1 saturated carbocycles. The molecule has 1 atom stereocenters. The van der Waals surface area contributed by atoms with E-state index in [1.54, 1.807) is 0 Å². The van der Waals surface area contributed by atoms with Gasteiger partial charge < -0.3 is 14.9 Å². The molecule has 0 unspecified atom stereocenters. The highest BCUT2D eigenvalue weighted by molar-refractivity contribution is 7.99. The molecule has 3 rings (SSSR count). The number of carboxylic acid groups (broad SMARTS) is 1. The number of amides is 2. The van der Waals surface area contributed by atoms with Crippen LogP contribution in [0.4, 0.5) is 0 Å². The fraction of sp³-hybridized carbons (Fsp3) is 0.786. The van der Waals surface area contributed by atoms with Gasteiger partial charge in [0, 0.05) is 30.7 Å². The number of likely N-dealkylation sites (tertiary alicyclic amines) is 1. The van der Waals surface area contributed by atoms with Crippen molar-refractivity contribution in [2.45, 2.75) is 31.7 Å². The molecule has 0 spiro atoms. The summed E-state index contributed by atoms with van der Waals surface area (Å²) in [6, 6.07) is -0.686. The van der Waals surface area contributed by atoms with Crippen LogP contribution < -0.4 is 0 Å². The summed E-state index contributed by atoms with van der Waals surface area (Å²) < 4.78 is 0. The van der Waals surface area contributed by atoms with Gasteiger partial charge in [0.1, 0.15) is 6.04 Å². The van der Waals surface area contributed by atoms with Crippen molar-refractivity contribution < 1.29 is 19.5 Å². The summed E-state index contributed by atoms with van der Waals surface area (Å²) in [6.07, 6.45) is 3.32. The Hall–Kier alpha value is -1.24. The molecule has 0 aromatic heterocycles. The third kappa shape index (κ3) is 3.02. The van der Waals surface area contributed by atoms with E-state index in [1.807, 2.05) is 4.90 Å². The minimum Gasteiger partial charge on any atom is -0.480 e. The fourth-order valence-electron chi connectivity index (χ4n) is 3.03. The molecule has 2 heterocycles. The van der Waals surface area contributed by atoms with E-state index in [9.17, 15) is 14.4 Å². The lowest BCUT2D eigenvalue weighted by Crippen LogP contribution is -2.48. The Balaban J connectivity index is 1.55. The summed E-state index contributed by atoms with van der Waals surface area (Å²) in [6.45, 7) is 1.26. The van der Waals surface area contributed by atoms with Crippen LogP contribution in [-0.2, 0) is 14.4 Å². The number of piperidine rings is 1. The van der Waals surface area contributed by atoms with Crippen molar-refractivity contribution in [2.75, 3.05) is 24.7 Å². The summed E-state index contributed by atoms with van der Waals surface area (Å²) in [5.41, 5.74) is 0. The first-order valence-corrected chi connectivity index (χ1v) is 8.63. The van der Waals surface area contributed by atoms with Crippen LogP contribution >= 0.6 is 11.8 Å². The second-order valence-corrected chi connectivity index (χ2v) is 7.04. The number of rotatable bonds is 3. The Bertz CT molecular complexity index is 458. The van der Waals surface area contributed by atoms with Crippen LogP contribution in [0.1, 0.15) is 25.7 Å². The molecule has 0 radical (unpaired) electrons. The first kappa shape index (κ1) is 14.7. The van der Waals surface area contributed by atoms with E-state index < -0.39 is 12.0 Å². The van der Waals surface area contributed by atoms with Gasteiger partial charge in [-0.15, -0.1) is 11.8 Å². The third-order valence-corrected chi connectivity index (χ3v) is 5.55. The number of hydrogen-bond donors (Lipinski definition) is 1. The predicted molar refractivity (Wildman–Crippen MR) is 77.6 cm³/mol. The van der Waals surface area contributed by atoms with Gasteiger partial charge in [-0.2, -0.15) is 0 Å². The van der Waals surface area contributed by atoms with E-state index in [0.29, 0.717) is 37.6 Å². The van der Waals surface area contributed by atoms with E-state index in [1.165, 1.54) is 16.7 Å². The molecule has 2 saturated heterocycles. The lowest BCUT2D eigenvalue weighted by Gasteiger charge is -2.34. The molecule has 2 aliphatic heterocycles. The molecule has 1 aliphatic carbocycles. The molecule has 0 aromatic rings. The zero-order valence-electron chi connectivity index (χ0n) is 11.9. The maximum Gasteiger partial charge on any atom is 0.327 e. The Morgan fingerprint density at radius 1 is 0.952 bits per heavy atom. The SMILES string of the molecule is O=C(O)[C@@H]1CSCN1C(=O)C1CCN(C(=O)C2CC2)CC1. The van der Waals surface area contributed by atoms with Gasteiger partial charge in [-0.1, -0.05) is 0 Å². The smallest absolute Gasteiger partial charge is 0.327 e. The van der Waals surface area contributed by atoms with Crippen molar-refractivity contribution in [1.29, 1.82) is 0 Å². The highest BCUT2D eigenvalue weighted by Crippen LogP contribution is 2.33. The standard InChI is InChI=1S/C14H20N2O4S/c17-12(9-1-2-9)15-5-3-10(4-6-15)13(18)16-8-21-7-11(16)14(19)20/h9-11H,1-8H2,(H,19,20)/t11-/m0/s1. The van der Waals surface area contributed by atoms with Crippen LogP contribution in [0.5, 0.6) is 0 Å². The topological polar surface area (TPSA) is 77.9 Å². The Morgan fingerprint density at radius 2 is 1.57 bits per heavy atom. The summed E-state index contributed by atoms with van der Waals surface area (Å²) in [7, 11) is 0. The largest absolute Gasteiger partial charge is 0.480 e. The zero-order valence-corrected chi connectivity index (χ0v) is 12.7. The molecule has 1 N–H and O–H groups in total. The number of carboxylic acids is 1. The van der Waals surface area contributed by atoms with Crippen molar-refractivity contribution in [3.8, 4) is 0 Å². The molecule has 21 heavy (non-hydrogen) atoms. The van der Waals surface area contributed by atoms with Crippen molar-refractivity contribution in [2.24, 2.45) is 11.8 Å². The fourth-order valence-corrected chi connectivity index (χ4v) is 4.19. The maximum atomic E-state index is 12.5. The first-order valence-electron chi connectivity index (χ1n) is 7.47. The Morgan fingerprint density at radius 3 is 2.14 bits per heavy atom. The zero-order chi connectivity index (χ0) is 15.0. The number of nitrogens with zero attached hydrogens (tertiary/aromatic N) is 2. The van der Waals surface area contributed by atoms with E-state index in [2.05, 4.69) is 0 Å². The van der Waals surface area contributed by atoms with Gasteiger partial charge in [0.25, 0.3) is 0 Å². The second kappa shape index (κ2) is 5.87. The van der Waals surface area contributed by atoms with Crippen molar-refractivity contribution in [3.05, 3.63) is 0 Å². The summed E-state index contributed by atoms with van der Waals surface area (Å²) in [5, 5.41) is 9.15. The van der Waals surface area contributed by atoms with Gasteiger partial charge in [0.05, 0.1) is 5.88 Å². The number of carbonyl (C=O) groups excluding carboxylic acids is 2. The van der Waals surface area contributed by atoms with Gasteiger partial charge in [-0.05, 0) is 25.7 Å². The quantitative estimate of drug-likeness (QED) is 0.826. The molecule has 2 amide bonds. The maximum absolute atomic E-state index is 12.5. The lowest BCUT2D eigenvalue weighted by molar-refractivity contribution is -0.150. The average Bonchev–Trinajstić information content (AvgIpc) is 3.22. The molecule has 3 fully saturated rings. The van der Waals surface area contributed by atoms with E-state index in [0.717, 1.165) is 12.8 Å². The summed E-state index contributed by atoms with van der Waals surface area (Å²) >= 11 is 1.49. The number of thioether (sulfide) groups is 1. The van der Waals surface area contributed by atoms with E-state index in [-0.39, 0.29) is 23.7 Å². The van der Waals surface area contributed by atoms with Crippen molar-refractivity contribution >= 4 is 29.5 Å². The predicted octanol–water partition coefficient (Wildman–Crippen LogP) is 0.621. The number of aliphatic carboxylic acids is 1. The average molecular weight is 312 g/mol. The highest BCUT2D eigenvalue weighted by atomic mass is 32.2. The van der Waals surface area contributed by atoms with Crippen LogP contribution in [-0.4, -0.2) is 63.5 Å². The van der Waals surface area contributed by atoms with Gasteiger partial charge in [-0.25, -0.2) is 4.79 Å². The summed E-state index contributed by atoms with van der Waals surface area (Å²) in [4.78, 5) is 39.0. The number of hydrogen-bond acceptors (Lipinski definition) is 4. The normalized spacial score (nSPS) is 27.0. The molecule has 3 aliphatic rings. The highest BCUT2D eigenvalue weighted by Gasteiger charge is 2.40. The third-order valence-electron chi connectivity index (χ3n) is 4.53. The molecule has 116 valence electrons. The van der Waals surface area contributed by atoms with Crippen molar-refractivity contribution in [1.82, 2.24) is 9.80 Å². The molecular weight excluding hydrogens is 292 g/mol. The minimum absolute atomic E-state index is 0.0501. The molecular formula is C14H20N2O4S. The van der Waals surface area contributed by atoms with E-state index in [4.69, 9.17) is 5.11 Å². The van der Waals surface area contributed by atoms with Gasteiger partial charge in [0.2, 0.25) is 11.8 Å². The Labute approximate surface area is 127 Å². The van der Waals surface area contributed by atoms with Crippen molar-refractivity contribution in [3.63, 3.8) is 0 Å². The van der Waals surface area contributed by atoms with E-state index >= 15 is 0 Å². The van der Waals surface area contributed by atoms with Crippen LogP contribution in [0.3, 0.4) is 0 Å². The first-order chi connectivity index (χ1) is 10.1.